The van der Waals surface area contributed by atoms with E-state index in [0.29, 0.717) is 11.3 Å². The normalized spacial score (nSPS) is 17.9. The van der Waals surface area contributed by atoms with Crippen molar-refractivity contribution in [2.24, 2.45) is 0 Å². The lowest BCUT2D eigenvalue weighted by Gasteiger charge is -2.25. The first kappa shape index (κ1) is 21.8. The van der Waals surface area contributed by atoms with Crippen LogP contribution in [0.3, 0.4) is 0 Å². The van der Waals surface area contributed by atoms with Gasteiger partial charge in [-0.15, -0.1) is 11.3 Å². The molecule has 7 heteroatoms. The predicted molar refractivity (Wildman–Crippen MR) is 122 cm³/mol. The summed E-state index contributed by atoms with van der Waals surface area (Å²) in [5.41, 5.74) is 1.49. The molecule has 4 rings (SSSR count). The van der Waals surface area contributed by atoms with Gasteiger partial charge in [-0.3, -0.25) is 14.5 Å². The number of carbonyl (C=O) groups is 2. The number of aryl methyl sites for hydroxylation is 1. The predicted octanol–water partition coefficient (Wildman–Crippen LogP) is 5.61. The lowest BCUT2D eigenvalue weighted by atomic mass is 9.98. The van der Waals surface area contributed by atoms with E-state index in [4.69, 9.17) is 4.74 Å². The van der Waals surface area contributed by atoms with Crippen LogP contribution >= 0.6 is 11.3 Å². The van der Waals surface area contributed by atoms with Crippen molar-refractivity contribution >= 4 is 34.5 Å². The van der Waals surface area contributed by atoms with E-state index in [0.717, 1.165) is 10.4 Å². The van der Waals surface area contributed by atoms with Gasteiger partial charge in [0.15, 0.2) is 0 Å². The molecule has 1 aromatic heterocycles. The smallest absolute Gasteiger partial charge is 0.300 e. The van der Waals surface area contributed by atoms with Gasteiger partial charge in [-0.25, -0.2) is 4.39 Å². The van der Waals surface area contributed by atoms with Crippen molar-refractivity contribution in [2.45, 2.75) is 32.9 Å². The van der Waals surface area contributed by atoms with Crippen molar-refractivity contribution in [1.29, 1.82) is 0 Å². The number of carbonyl (C=O) groups excluding carboxylic acids is 2. The number of ether oxygens (including phenoxy) is 1. The van der Waals surface area contributed by atoms with Crippen molar-refractivity contribution < 1.29 is 23.8 Å². The molecule has 1 N–H and O–H groups in total. The zero-order valence-corrected chi connectivity index (χ0v) is 18.7. The van der Waals surface area contributed by atoms with E-state index in [2.05, 4.69) is 0 Å². The number of amides is 1. The van der Waals surface area contributed by atoms with Gasteiger partial charge in [0, 0.05) is 16.1 Å². The summed E-state index contributed by atoms with van der Waals surface area (Å²) in [5, 5.41) is 13.0. The topological polar surface area (TPSA) is 66.8 Å². The number of aliphatic hydroxyl groups is 1. The van der Waals surface area contributed by atoms with Gasteiger partial charge < -0.3 is 9.84 Å². The fourth-order valence-electron chi connectivity index (χ4n) is 3.76. The number of anilines is 1. The number of aliphatic hydroxyl groups excluding tert-OH is 1. The average molecular weight is 452 g/mol. The van der Waals surface area contributed by atoms with Crippen LogP contribution in [0.1, 0.15) is 35.9 Å². The van der Waals surface area contributed by atoms with Crippen LogP contribution in [0.2, 0.25) is 0 Å². The molecule has 32 heavy (non-hydrogen) atoms. The summed E-state index contributed by atoms with van der Waals surface area (Å²) >= 11 is 1.37. The van der Waals surface area contributed by atoms with Crippen LogP contribution in [0.4, 0.5) is 10.1 Å². The monoisotopic (exact) mass is 451 g/mol. The molecule has 0 spiro atoms. The zero-order valence-electron chi connectivity index (χ0n) is 17.8. The number of benzene rings is 2. The maximum Gasteiger partial charge on any atom is 0.300 e. The Morgan fingerprint density at radius 2 is 1.84 bits per heavy atom. The zero-order chi connectivity index (χ0) is 23.0. The summed E-state index contributed by atoms with van der Waals surface area (Å²) < 4.78 is 19.6. The van der Waals surface area contributed by atoms with Crippen molar-refractivity contribution in [3.63, 3.8) is 0 Å². The molecule has 0 radical (unpaired) electrons. The second-order valence-corrected chi connectivity index (χ2v) is 8.76. The summed E-state index contributed by atoms with van der Waals surface area (Å²) in [6.45, 7) is 5.69. The van der Waals surface area contributed by atoms with Gasteiger partial charge in [0.25, 0.3) is 11.7 Å². The Hall–Kier alpha value is -3.45. The molecule has 2 aromatic carbocycles. The lowest BCUT2D eigenvalue weighted by molar-refractivity contribution is -0.132. The third kappa shape index (κ3) is 3.91. The highest BCUT2D eigenvalue weighted by Gasteiger charge is 2.48. The van der Waals surface area contributed by atoms with Crippen LogP contribution in [-0.4, -0.2) is 22.9 Å². The van der Waals surface area contributed by atoms with Crippen LogP contribution in [0.15, 0.2) is 65.6 Å². The number of hydrogen-bond donors (Lipinski definition) is 1. The van der Waals surface area contributed by atoms with E-state index in [-0.39, 0.29) is 23.1 Å². The van der Waals surface area contributed by atoms with Crippen LogP contribution in [0.5, 0.6) is 5.75 Å². The van der Waals surface area contributed by atoms with Crippen molar-refractivity contribution in [3.05, 3.63) is 87.4 Å². The Morgan fingerprint density at radius 1 is 1.12 bits per heavy atom. The molecule has 1 saturated heterocycles. The molecule has 5 nitrogen and oxygen atoms in total. The average Bonchev–Trinajstić information content (AvgIpc) is 3.28. The number of Topliss-reactive ketones (excluding diaryl/α,β-unsaturated/α-hetero) is 1. The Morgan fingerprint density at radius 3 is 2.44 bits per heavy atom. The molecule has 0 aliphatic carbocycles. The molecular formula is C25H22FNO4S. The first-order chi connectivity index (χ1) is 15.3. The number of rotatable bonds is 5. The number of ketones is 1. The van der Waals surface area contributed by atoms with E-state index >= 15 is 0 Å². The van der Waals surface area contributed by atoms with Crippen LogP contribution in [-0.2, 0) is 9.59 Å². The lowest BCUT2D eigenvalue weighted by Crippen LogP contribution is -2.29. The third-order valence-corrected chi connectivity index (χ3v) is 6.25. The van der Waals surface area contributed by atoms with E-state index in [1.807, 2.05) is 32.2 Å². The van der Waals surface area contributed by atoms with Gasteiger partial charge in [0.05, 0.1) is 11.7 Å². The first-order valence-corrected chi connectivity index (χ1v) is 11.0. The van der Waals surface area contributed by atoms with Gasteiger partial charge >= 0.3 is 0 Å². The summed E-state index contributed by atoms with van der Waals surface area (Å²) in [4.78, 5) is 28.1. The molecule has 1 atom stereocenters. The van der Waals surface area contributed by atoms with Crippen LogP contribution < -0.4 is 9.64 Å². The maximum atomic E-state index is 13.9. The van der Waals surface area contributed by atoms with Crippen molar-refractivity contribution in [3.8, 4) is 5.75 Å². The third-order valence-electron chi connectivity index (χ3n) is 5.18. The molecule has 2 heterocycles. The highest BCUT2D eigenvalue weighted by atomic mass is 32.1. The summed E-state index contributed by atoms with van der Waals surface area (Å²) in [5.74, 6) is -1.80. The molecule has 1 amide bonds. The quantitative estimate of drug-likeness (QED) is 0.311. The molecular weight excluding hydrogens is 429 g/mol. The van der Waals surface area contributed by atoms with Crippen LogP contribution in [0, 0.1) is 12.7 Å². The van der Waals surface area contributed by atoms with Crippen LogP contribution in [0.25, 0.3) is 5.76 Å². The molecule has 0 saturated carbocycles. The number of thiophene rings is 1. The maximum absolute atomic E-state index is 13.9. The summed E-state index contributed by atoms with van der Waals surface area (Å²) in [6.07, 6.45) is -0.00663. The molecule has 1 aliphatic rings. The van der Waals surface area contributed by atoms with Gasteiger partial charge in [0.1, 0.15) is 23.4 Å². The fourth-order valence-corrected chi connectivity index (χ4v) is 4.78. The van der Waals surface area contributed by atoms with E-state index in [1.165, 1.54) is 34.4 Å². The minimum Gasteiger partial charge on any atom is -0.507 e. The van der Waals surface area contributed by atoms with E-state index in [9.17, 15) is 19.1 Å². The fraction of sp³-hybridized carbons (Fsp3) is 0.200. The van der Waals surface area contributed by atoms with Gasteiger partial charge in [0.2, 0.25) is 0 Å². The molecule has 1 fully saturated rings. The highest BCUT2D eigenvalue weighted by Crippen LogP contribution is 2.44. The molecule has 164 valence electrons. The number of hydrogen-bond acceptors (Lipinski definition) is 5. The number of halogens is 1. The van der Waals surface area contributed by atoms with Gasteiger partial charge in [-0.1, -0.05) is 6.07 Å². The molecule has 1 unspecified atom stereocenters. The molecule has 0 bridgehead atoms. The second kappa shape index (κ2) is 8.59. The molecule has 3 aromatic rings. The van der Waals surface area contributed by atoms with Crippen molar-refractivity contribution in [2.75, 3.05) is 4.90 Å². The van der Waals surface area contributed by atoms with Gasteiger partial charge in [-0.05, 0) is 80.2 Å². The first-order valence-electron chi connectivity index (χ1n) is 10.2. The van der Waals surface area contributed by atoms with E-state index in [1.54, 1.807) is 30.3 Å². The minimum absolute atomic E-state index is 0.00663. The standard InChI is InChI=1S/C25H22FNO4S/c1-14(2)31-19-9-7-16(8-10-19)22(28)20-21(24-15(3)11-12-32-24)27(25(30)23(20)29)18-6-4-5-17(26)13-18/h4-14,21,28H,1-3H3/b22-20-. The Bertz CT molecular complexity index is 1210. The number of nitrogens with zero attached hydrogens (tertiary/aromatic N) is 1. The second-order valence-electron chi connectivity index (χ2n) is 7.81. The van der Waals surface area contributed by atoms with E-state index < -0.39 is 23.5 Å². The summed E-state index contributed by atoms with van der Waals surface area (Å²) in [6, 6.07) is 13.2. The van der Waals surface area contributed by atoms with Gasteiger partial charge in [-0.2, -0.15) is 0 Å². The molecule has 1 aliphatic heterocycles. The van der Waals surface area contributed by atoms with Crippen molar-refractivity contribution in [1.82, 2.24) is 0 Å². The Labute approximate surface area is 189 Å². The SMILES string of the molecule is Cc1ccsc1C1/C(=C(/O)c2ccc(OC(C)C)cc2)C(=O)C(=O)N1c1cccc(F)c1. The minimum atomic E-state index is -0.858. The highest BCUT2D eigenvalue weighted by molar-refractivity contribution is 7.10. The largest absolute Gasteiger partial charge is 0.507 e. The Kier molecular flexibility index (Phi) is 5.84. The Balaban J connectivity index is 1.86. The summed E-state index contributed by atoms with van der Waals surface area (Å²) in [7, 11) is 0.